The summed E-state index contributed by atoms with van der Waals surface area (Å²) in [5.74, 6) is 0. The Balaban J connectivity index is 1.14. The van der Waals surface area contributed by atoms with Crippen LogP contribution in [0.25, 0.3) is 77.5 Å². The Labute approximate surface area is 365 Å². The quantitative estimate of drug-likeness (QED) is 0.141. The number of anilines is 3. The van der Waals surface area contributed by atoms with Gasteiger partial charge in [0.2, 0.25) is 0 Å². The van der Waals surface area contributed by atoms with Crippen LogP contribution in [0.2, 0.25) is 0 Å². The Morgan fingerprint density at radius 2 is 0.780 bits per heavy atom. The summed E-state index contributed by atoms with van der Waals surface area (Å²) in [6.45, 7) is 0. The van der Waals surface area contributed by atoms with Crippen molar-refractivity contribution in [2.75, 3.05) is 4.90 Å². The summed E-state index contributed by atoms with van der Waals surface area (Å²) in [6, 6.07) is 46.7. The molecule has 10 rings (SSSR count). The van der Waals surface area contributed by atoms with Crippen molar-refractivity contribution in [3.05, 3.63) is 248 Å². The number of benzene rings is 10. The molecule has 10 aromatic carbocycles. The van der Waals surface area contributed by atoms with Gasteiger partial charge in [0.05, 0.1) is 23.5 Å². The Morgan fingerprint density at radius 1 is 0.288 bits per heavy atom. The van der Waals surface area contributed by atoms with Crippen molar-refractivity contribution in [3.8, 4) is 66.8 Å². The van der Waals surface area contributed by atoms with Gasteiger partial charge < -0.3 is 4.90 Å². The molecule has 1 heteroatoms. The van der Waals surface area contributed by atoms with E-state index < -0.39 is 101 Å². The minimum absolute atomic E-state index is 0.140. The average Bonchev–Trinajstić information content (AvgIpc) is 3.42. The van der Waals surface area contributed by atoms with Crippen LogP contribution in [0.3, 0.4) is 0 Å². The molecule has 0 fully saturated rings. The molecule has 0 bridgehead atoms. The SMILES string of the molecule is [2H]c1c([2H])c([2H])c(-c2c([2H])c([2H])c(-c3c([2H])c([2H])c(N(c4ccc(-c5cccc(-c6cccc7ccccc67)c5)cc4)c4ccccc4-c4ccc(-c5ccccc5)cc4)c([2H])c3[2H])c([2H])c2[2H])c([2H])c1[2H]. The summed E-state index contributed by atoms with van der Waals surface area (Å²) in [5.41, 5.74) is 6.29. The molecule has 0 N–H and O–H groups in total. The third kappa shape index (κ3) is 7.34. The fraction of sp³-hybridized carbons (Fsp3) is 0. The zero-order chi connectivity index (χ0) is 50.7. The Bertz CT molecular complexity index is 3690. The van der Waals surface area contributed by atoms with E-state index in [2.05, 4.69) is 36.4 Å². The summed E-state index contributed by atoms with van der Waals surface area (Å²) >= 11 is 0. The van der Waals surface area contributed by atoms with E-state index in [-0.39, 0.29) is 5.69 Å². The second-order valence-electron chi connectivity index (χ2n) is 13.9. The summed E-state index contributed by atoms with van der Waals surface area (Å²) < 4.78 is 116. The lowest BCUT2D eigenvalue weighted by molar-refractivity contribution is 1.28. The Hall–Kier alpha value is -7.74. The van der Waals surface area contributed by atoms with Gasteiger partial charge in [0.25, 0.3) is 0 Å². The van der Waals surface area contributed by atoms with E-state index in [1.807, 2.05) is 133 Å². The van der Waals surface area contributed by atoms with Crippen LogP contribution < -0.4 is 4.90 Å². The van der Waals surface area contributed by atoms with Crippen molar-refractivity contribution < 1.29 is 17.8 Å². The lowest BCUT2D eigenvalue weighted by Crippen LogP contribution is -2.11. The largest absolute Gasteiger partial charge is 0.310 e. The van der Waals surface area contributed by atoms with Gasteiger partial charge in [-0.1, -0.05) is 212 Å². The van der Waals surface area contributed by atoms with E-state index in [9.17, 15) is 5.48 Å². The predicted octanol–water partition coefficient (Wildman–Crippen LogP) is 16.3. The number of hydrogen-bond acceptors (Lipinski definition) is 1. The maximum atomic E-state index is 9.68. The standard InChI is InChI=1S/C58H41N/c1-3-13-42(14-4-1)44-25-27-46(28-26-44)47-33-37-53(38-34-47)59(58-24-10-9-22-57(58)50-31-29-45(30-32-50)43-15-5-2-6-16-43)54-39-35-48(36-40-54)51-19-11-20-52(41-51)56-23-12-18-49-17-7-8-21-55(49)56/h1-41H/i1D,3D,4D,13D,14D,25D,26D,27D,28D,33D,34D,37D,38D. The third-order valence-corrected chi connectivity index (χ3v) is 10.3. The number of para-hydroxylation sites is 1. The predicted molar refractivity (Wildman–Crippen MR) is 251 cm³/mol. The lowest BCUT2D eigenvalue weighted by Gasteiger charge is -2.28. The summed E-state index contributed by atoms with van der Waals surface area (Å²) in [7, 11) is 0. The van der Waals surface area contributed by atoms with Crippen LogP contribution in [0.4, 0.5) is 17.1 Å². The van der Waals surface area contributed by atoms with E-state index in [1.165, 1.54) is 0 Å². The number of hydrogen-bond donors (Lipinski definition) is 0. The highest BCUT2D eigenvalue weighted by atomic mass is 15.1. The summed E-state index contributed by atoms with van der Waals surface area (Å²) in [6.07, 6.45) is 0. The summed E-state index contributed by atoms with van der Waals surface area (Å²) in [4.78, 5) is 1.66. The molecule has 0 radical (unpaired) electrons. The van der Waals surface area contributed by atoms with Crippen molar-refractivity contribution in [2.24, 2.45) is 0 Å². The highest BCUT2D eigenvalue weighted by molar-refractivity contribution is 5.97. The highest BCUT2D eigenvalue weighted by Crippen LogP contribution is 2.42. The molecule has 0 heterocycles. The first-order valence-corrected chi connectivity index (χ1v) is 19.2. The fourth-order valence-corrected chi connectivity index (χ4v) is 7.40. The Morgan fingerprint density at radius 3 is 1.53 bits per heavy atom. The van der Waals surface area contributed by atoms with E-state index in [0.29, 0.717) is 16.9 Å². The van der Waals surface area contributed by atoms with Crippen LogP contribution in [-0.2, 0) is 0 Å². The molecular formula is C58H41N. The first-order chi connectivity index (χ1) is 34.7. The lowest BCUT2D eigenvalue weighted by atomic mass is 9.95. The van der Waals surface area contributed by atoms with Gasteiger partial charge in [-0.05, 0) is 108 Å². The molecule has 0 spiro atoms. The highest BCUT2D eigenvalue weighted by Gasteiger charge is 2.18. The second kappa shape index (κ2) is 16.0. The van der Waals surface area contributed by atoms with E-state index >= 15 is 0 Å². The molecule has 0 aliphatic carbocycles. The van der Waals surface area contributed by atoms with Crippen LogP contribution in [0.15, 0.2) is 248 Å². The molecule has 0 aliphatic rings. The van der Waals surface area contributed by atoms with Crippen molar-refractivity contribution in [3.63, 3.8) is 0 Å². The molecule has 278 valence electrons. The first kappa shape index (κ1) is 24.1. The van der Waals surface area contributed by atoms with Crippen LogP contribution >= 0.6 is 0 Å². The van der Waals surface area contributed by atoms with Gasteiger partial charge in [-0.15, -0.1) is 0 Å². The van der Waals surface area contributed by atoms with Gasteiger partial charge >= 0.3 is 0 Å². The minimum Gasteiger partial charge on any atom is -0.310 e. The van der Waals surface area contributed by atoms with Gasteiger partial charge in [0.1, 0.15) is 0 Å². The molecule has 0 saturated heterocycles. The normalized spacial score (nSPS) is 14.1. The van der Waals surface area contributed by atoms with Gasteiger partial charge in [-0.3, -0.25) is 0 Å². The van der Waals surface area contributed by atoms with Crippen molar-refractivity contribution in [2.45, 2.75) is 0 Å². The van der Waals surface area contributed by atoms with E-state index in [0.717, 1.165) is 49.7 Å². The fourth-order valence-electron chi connectivity index (χ4n) is 7.40. The first-order valence-electron chi connectivity index (χ1n) is 25.7. The molecule has 0 unspecified atom stereocenters. The van der Waals surface area contributed by atoms with Gasteiger partial charge in [0.15, 0.2) is 0 Å². The van der Waals surface area contributed by atoms with Crippen LogP contribution in [0.5, 0.6) is 0 Å². The summed E-state index contributed by atoms with van der Waals surface area (Å²) in [5, 5.41) is 2.26. The molecule has 0 atom stereocenters. The average molecular weight is 765 g/mol. The number of fused-ring (bicyclic) bond motifs is 1. The van der Waals surface area contributed by atoms with Crippen LogP contribution in [0.1, 0.15) is 17.8 Å². The number of rotatable bonds is 9. The number of nitrogens with zero attached hydrogens (tertiary/aromatic N) is 1. The van der Waals surface area contributed by atoms with Gasteiger partial charge in [-0.2, -0.15) is 0 Å². The molecular weight excluding hydrogens is 711 g/mol. The second-order valence-corrected chi connectivity index (χ2v) is 13.9. The monoisotopic (exact) mass is 764 g/mol. The molecule has 59 heavy (non-hydrogen) atoms. The molecule has 0 aliphatic heterocycles. The van der Waals surface area contributed by atoms with E-state index in [1.54, 1.807) is 4.90 Å². The van der Waals surface area contributed by atoms with Crippen LogP contribution in [-0.4, -0.2) is 0 Å². The molecule has 1 nitrogen and oxygen atoms in total. The Kier molecular flexibility index (Phi) is 6.55. The van der Waals surface area contributed by atoms with Gasteiger partial charge in [-0.25, -0.2) is 0 Å². The van der Waals surface area contributed by atoms with E-state index in [4.69, 9.17) is 12.3 Å². The van der Waals surface area contributed by atoms with Crippen molar-refractivity contribution in [1.29, 1.82) is 0 Å². The van der Waals surface area contributed by atoms with Gasteiger partial charge in [0, 0.05) is 16.9 Å². The zero-order valence-corrected chi connectivity index (χ0v) is 31.6. The maximum absolute atomic E-state index is 9.68. The smallest absolute Gasteiger partial charge is 0.0645 e. The van der Waals surface area contributed by atoms with Crippen molar-refractivity contribution in [1.82, 2.24) is 0 Å². The molecule has 0 aromatic heterocycles. The van der Waals surface area contributed by atoms with Crippen molar-refractivity contribution >= 4 is 27.8 Å². The maximum Gasteiger partial charge on any atom is 0.0645 e. The van der Waals surface area contributed by atoms with Crippen LogP contribution in [0, 0.1) is 0 Å². The molecule has 10 aromatic rings. The molecule has 0 saturated carbocycles. The topological polar surface area (TPSA) is 3.24 Å². The molecule has 0 amide bonds. The zero-order valence-electron chi connectivity index (χ0n) is 44.6. The third-order valence-electron chi connectivity index (χ3n) is 10.3. The minimum atomic E-state index is -0.776.